The van der Waals surface area contributed by atoms with Gasteiger partial charge in [0.05, 0.1) is 27.1 Å². The highest BCUT2D eigenvalue weighted by Gasteiger charge is 2.24. The number of carbonyl (C=O) groups is 3. The number of carbonyl (C=O) groups excluding carboxylic acids is 3. The van der Waals surface area contributed by atoms with E-state index >= 15 is 0 Å². The van der Waals surface area contributed by atoms with Crippen LogP contribution in [0.1, 0.15) is 33.4 Å². The molecule has 0 atom stereocenters. The minimum absolute atomic E-state index is 0.162. The number of aryl methyl sites for hydroxylation is 1. The fourth-order valence-corrected chi connectivity index (χ4v) is 4.01. The molecule has 0 radical (unpaired) electrons. The van der Waals surface area contributed by atoms with Gasteiger partial charge < -0.3 is 28.7 Å². The maximum absolute atomic E-state index is 12.7. The van der Waals surface area contributed by atoms with Crippen molar-refractivity contribution in [3.63, 3.8) is 0 Å². The highest BCUT2D eigenvalue weighted by Crippen LogP contribution is 2.39. The smallest absolute Gasteiger partial charge is 0.342 e. The van der Waals surface area contributed by atoms with E-state index in [0.717, 1.165) is 11.3 Å². The van der Waals surface area contributed by atoms with Crippen molar-refractivity contribution in [1.29, 1.82) is 0 Å². The third-order valence-electron chi connectivity index (χ3n) is 4.63. The van der Waals surface area contributed by atoms with Crippen molar-refractivity contribution in [3.05, 3.63) is 52.8 Å². The van der Waals surface area contributed by atoms with Gasteiger partial charge in [-0.05, 0) is 37.6 Å². The molecule has 0 spiro atoms. The standard InChI is InChI=1S/C23H23NO8S/c1-5-30-23(27)20-16(14-6-7-17(28-3)18(10-14)29-4)12-33-21(20)24-19(25)11-32-22(26)15-8-9-31-13(15)2/h6-10,12H,5,11H2,1-4H3,(H,24,25). The van der Waals surface area contributed by atoms with Crippen LogP contribution in [-0.4, -0.2) is 45.3 Å². The molecule has 10 heteroatoms. The van der Waals surface area contributed by atoms with Crippen molar-refractivity contribution < 1.29 is 37.7 Å². The molecular formula is C23H23NO8S. The molecule has 2 heterocycles. The Morgan fingerprint density at radius 1 is 1.03 bits per heavy atom. The summed E-state index contributed by atoms with van der Waals surface area (Å²) in [5, 5.41) is 4.63. The minimum Gasteiger partial charge on any atom is -0.493 e. The van der Waals surface area contributed by atoms with Gasteiger partial charge in [-0.2, -0.15) is 0 Å². The fourth-order valence-electron chi connectivity index (χ4n) is 3.04. The first-order chi connectivity index (χ1) is 15.9. The Labute approximate surface area is 194 Å². The van der Waals surface area contributed by atoms with Crippen LogP contribution in [0.4, 0.5) is 5.00 Å². The first-order valence-corrected chi connectivity index (χ1v) is 10.8. The largest absolute Gasteiger partial charge is 0.493 e. The molecule has 33 heavy (non-hydrogen) atoms. The quantitative estimate of drug-likeness (QED) is 0.458. The topological polar surface area (TPSA) is 113 Å². The zero-order chi connectivity index (χ0) is 24.0. The molecule has 1 aromatic carbocycles. The van der Waals surface area contributed by atoms with Gasteiger partial charge in [0.2, 0.25) is 0 Å². The van der Waals surface area contributed by atoms with Gasteiger partial charge in [-0.3, -0.25) is 4.79 Å². The number of rotatable bonds is 9. The summed E-state index contributed by atoms with van der Waals surface area (Å²) in [7, 11) is 3.04. The summed E-state index contributed by atoms with van der Waals surface area (Å²) < 4.78 is 25.9. The molecule has 9 nitrogen and oxygen atoms in total. The van der Waals surface area contributed by atoms with E-state index in [1.165, 1.54) is 26.5 Å². The Kier molecular flexibility index (Phi) is 7.73. The Morgan fingerprint density at radius 2 is 1.79 bits per heavy atom. The van der Waals surface area contributed by atoms with Crippen LogP contribution in [0.25, 0.3) is 11.1 Å². The highest BCUT2D eigenvalue weighted by molar-refractivity contribution is 7.15. The van der Waals surface area contributed by atoms with Gasteiger partial charge >= 0.3 is 11.9 Å². The van der Waals surface area contributed by atoms with Crippen LogP contribution < -0.4 is 14.8 Å². The molecular weight excluding hydrogens is 450 g/mol. The Hall–Kier alpha value is -3.79. The number of benzene rings is 1. The summed E-state index contributed by atoms with van der Waals surface area (Å²) in [6.45, 7) is 2.93. The maximum Gasteiger partial charge on any atom is 0.342 e. The molecule has 0 bridgehead atoms. The fraction of sp³-hybridized carbons (Fsp3) is 0.261. The van der Waals surface area contributed by atoms with Gasteiger partial charge in [0.15, 0.2) is 18.1 Å². The predicted octanol–water partition coefficient (Wildman–Crippen LogP) is 4.31. The lowest BCUT2D eigenvalue weighted by atomic mass is 10.0. The summed E-state index contributed by atoms with van der Waals surface area (Å²) in [6.07, 6.45) is 1.36. The lowest BCUT2D eigenvalue weighted by Gasteiger charge is -2.11. The van der Waals surface area contributed by atoms with Crippen LogP contribution in [-0.2, 0) is 14.3 Å². The summed E-state index contributed by atoms with van der Waals surface area (Å²) in [5.74, 6) is -0.456. The number of furan rings is 1. The molecule has 174 valence electrons. The molecule has 2 aromatic heterocycles. The van der Waals surface area contributed by atoms with E-state index < -0.39 is 24.5 Å². The number of hydrogen-bond donors (Lipinski definition) is 1. The van der Waals surface area contributed by atoms with Gasteiger partial charge in [-0.1, -0.05) is 6.07 Å². The second-order valence-electron chi connectivity index (χ2n) is 6.66. The first-order valence-electron chi connectivity index (χ1n) is 9.91. The number of nitrogens with one attached hydrogen (secondary N) is 1. The zero-order valence-corrected chi connectivity index (χ0v) is 19.4. The monoisotopic (exact) mass is 473 g/mol. The van der Waals surface area contributed by atoms with Gasteiger partial charge in [0, 0.05) is 10.9 Å². The summed E-state index contributed by atoms with van der Waals surface area (Å²) in [4.78, 5) is 37.3. The molecule has 0 unspecified atom stereocenters. The first kappa shape index (κ1) is 23.9. The van der Waals surface area contributed by atoms with Crippen molar-refractivity contribution in [3.8, 4) is 22.6 Å². The van der Waals surface area contributed by atoms with Crippen LogP contribution in [0.2, 0.25) is 0 Å². The normalized spacial score (nSPS) is 10.4. The van der Waals surface area contributed by atoms with Crippen molar-refractivity contribution >= 4 is 34.2 Å². The lowest BCUT2D eigenvalue weighted by molar-refractivity contribution is -0.119. The number of hydrogen-bond acceptors (Lipinski definition) is 9. The van der Waals surface area contributed by atoms with Crippen LogP contribution in [0.5, 0.6) is 11.5 Å². The molecule has 3 rings (SSSR count). The molecule has 0 aliphatic heterocycles. The summed E-state index contributed by atoms with van der Waals surface area (Å²) >= 11 is 1.15. The van der Waals surface area contributed by atoms with Crippen LogP contribution in [0.3, 0.4) is 0 Å². The number of amides is 1. The summed E-state index contributed by atoms with van der Waals surface area (Å²) in [5.41, 5.74) is 1.66. The zero-order valence-electron chi connectivity index (χ0n) is 18.6. The third-order valence-corrected chi connectivity index (χ3v) is 5.53. The van der Waals surface area contributed by atoms with Crippen molar-refractivity contribution in [1.82, 2.24) is 0 Å². The molecule has 0 saturated heterocycles. The van der Waals surface area contributed by atoms with Crippen molar-refractivity contribution in [2.24, 2.45) is 0 Å². The van der Waals surface area contributed by atoms with E-state index in [9.17, 15) is 14.4 Å². The van der Waals surface area contributed by atoms with E-state index in [2.05, 4.69) is 5.32 Å². The molecule has 1 amide bonds. The average molecular weight is 474 g/mol. The van der Waals surface area contributed by atoms with E-state index in [-0.39, 0.29) is 22.7 Å². The number of methoxy groups -OCH3 is 2. The Bertz CT molecular complexity index is 1160. The number of ether oxygens (including phenoxy) is 4. The van der Waals surface area contributed by atoms with E-state index in [4.69, 9.17) is 23.4 Å². The predicted molar refractivity (Wildman–Crippen MR) is 121 cm³/mol. The van der Waals surface area contributed by atoms with Gasteiger partial charge in [-0.15, -0.1) is 11.3 Å². The molecule has 0 saturated carbocycles. The van der Waals surface area contributed by atoms with Gasteiger partial charge in [0.1, 0.15) is 21.9 Å². The molecule has 3 aromatic rings. The van der Waals surface area contributed by atoms with Crippen LogP contribution in [0.15, 0.2) is 40.3 Å². The second-order valence-corrected chi connectivity index (χ2v) is 7.54. The highest BCUT2D eigenvalue weighted by atomic mass is 32.1. The van der Waals surface area contributed by atoms with E-state index in [0.29, 0.717) is 28.4 Å². The van der Waals surface area contributed by atoms with Gasteiger partial charge in [0.25, 0.3) is 5.91 Å². The lowest BCUT2D eigenvalue weighted by Crippen LogP contribution is -2.21. The van der Waals surface area contributed by atoms with E-state index in [1.54, 1.807) is 37.4 Å². The molecule has 1 N–H and O–H groups in total. The van der Waals surface area contributed by atoms with Crippen molar-refractivity contribution in [2.45, 2.75) is 13.8 Å². The summed E-state index contributed by atoms with van der Waals surface area (Å²) in [6, 6.07) is 6.68. The molecule has 0 fully saturated rings. The van der Waals surface area contributed by atoms with Crippen LogP contribution in [0, 0.1) is 6.92 Å². The third kappa shape index (κ3) is 5.35. The second kappa shape index (κ2) is 10.7. The Balaban J connectivity index is 1.83. The maximum atomic E-state index is 12.7. The number of thiophene rings is 1. The van der Waals surface area contributed by atoms with Gasteiger partial charge in [-0.25, -0.2) is 9.59 Å². The minimum atomic E-state index is -0.681. The SMILES string of the molecule is CCOC(=O)c1c(-c2ccc(OC)c(OC)c2)csc1NC(=O)COC(=O)c1ccoc1C. The molecule has 0 aliphatic carbocycles. The van der Waals surface area contributed by atoms with Crippen LogP contribution >= 0.6 is 11.3 Å². The molecule has 0 aliphatic rings. The van der Waals surface area contributed by atoms with Crippen molar-refractivity contribution in [2.75, 3.05) is 32.8 Å². The van der Waals surface area contributed by atoms with E-state index in [1.807, 2.05) is 0 Å². The average Bonchev–Trinajstić information content (AvgIpc) is 3.43. The Morgan fingerprint density at radius 3 is 2.42 bits per heavy atom. The number of anilines is 1. The number of esters is 2.